The van der Waals surface area contributed by atoms with Crippen LogP contribution < -0.4 is 0 Å². The molecule has 2 fully saturated rings. The molecule has 0 aliphatic heterocycles. The number of hydrogen-bond donors (Lipinski definition) is 1. The first kappa shape index (κ1) is 11.9. The minimum atomic E-state index is -0.839. The number of aliphatic carboxylic acids is 1. The zero-order valence-electron chi connectivity index (χ0n) is 9.82. The van der Waals surface area contributed by atoms with Crippen molar-refractivity contribution in [1.29, 1.82) is 0 Å². The van der Waals surface area contributed by atoms with Crippen LogP contribution in [0.3, 0.4) is 0 Å². The van der Waals surface area contributed by atoms with Gasteiger partial charge in [-0.05, 0) is 0 Å². The molecule has 88 valence electrons. The Kier molecular flexibility index (Phi) is 2.80. The summed E-state index contributed by atoms with van der Waals surface area (Å²) in [6.45, 7) is 8.90. The molecule has 0 aromatic rings. The van der Waals surface area contributed by atoms with Crippen molar-refractivity contribution in [2.45, 2.75) is 37.4 Å². The summed E-state index contributed by atoms with van der Waals surface area (Å²) in [4.78, 5) is 12.4. The Morgan fingerprint density at radius 1 is 1.62 bits per heavy atom. The molecule has 16 heavy (non-hydrogen) atoms. The molecule has 2 aliphatic carbocycles. The molecule has 0 heterocycles. The number of allylic oxidation sites excluding steroid dienone is 1. The number of hydrogen-bond acceptors (Lipinski definition) is 1. The molecule has 0 aromatic heterocycles. The Morgan fingerprint density at radius 2 is 2.31 bits per heavy atom. The van der Waals surface area contributed by atoms with Crippen molar-refractivity contribution in [1.82, 2.24) is 0 Å². The first-order chi connectivity index (χ1) is 7.40. The van der Waals surface area contributed by atoms with Crippen LogP contribution in [-0.2, 0) is 4.79 Å². The van der Waals surface area contributed by atoms with Gasteiger partial charge < -0.3 is 0 Å². The third-order valence-corrected chi connectivity index (χ3v) is 8.00. The van der Waals surface area contributed by atoms with Crippen LogP contribution in [0.4, 0.5) is 0 Å². The predicted octanol–water partition coefficient (Wildman–Crippen LogP) is 2.84. The molecule has 0 radical (unpaired) electrons. The molecule has 2 atom stereocenters. The van der Waals surface area contributed by atoms with Crippen molar-refractivity contribution in [3.8, 4) is 0 Å². The number of rotatable bonds is 3. The number of carboxylic acid groups (broad SMARTS) is 1. The van der Waals surface area contributed by atoms with Gasteiger partial charge in [0, 0.05) is 0 Å². The van der Waals surface area contributed by atoms with Crippen LogP contribution in [0.15, 0.2) is 23.2 Å². The van der Waals surface area contributed by atoms with Gasteiger partial charge in [0.05, 0.1) is 0 Å². The summed E-state index contributed by atoms with van der Waals surface area (Å²) in [5.41, 5.74) is 1.68. The maximum atomic E-state index is 10.5. The molecule has 0 saturated heterocycles. The first-order valence-electron chi connectivity index (χ1n) is 5.66. The van der Waals surface area contributed by atoms with Crippen molar-refractivity contribution >= 4 is 20.9 Å². The molecule has 2 rings (SSSR count). The van der Waals surface area contributed by atoms with E-state index in [1.165, 1.54) is 24.5 Å². The molecule has 2 saturated carbocycles. The fourth-order valence-electron chi connectivity index (χ4n) is 3.34. The van der Waals surface area contributed by atoms with E-state index in [0.29, 0.717) is 5.41 Å². The molecular formula is C13H18O2Se. The van der Waals surface area contributed by atoms with Gasteiger partial charge in [-0.2, -0.15) is 0 Å². The van der Waals surface area contributed by atoms with E-state index in [1.54, 1.807) is 0 Å². The normalized spacial score (nSPS) is 36.1. The molecule has 2 unspecified atom stereocenters. The molecule has 2 bridgehead atoms. The molecule has 0 amide bonds. The van der Waals surface area contributed by atoms with Gasteiger partial charge in [-0.25, -0.2) is 0 Å². The standard InChI is InChI=1S/C13H18O2Se/c1-9-8-10-4-6-13(9,12(10,2)3)16-7-5-11(14)15/h5,7,10H,1,4,6,8H2,2-3H3,(H,14,15)/b7-5-. The van der Waals surface area contributed by atoms with Gasteiger partial charge in [-0.15, -0.1) is 0 Å². The quantitative estimate of drug-likeness (QED) is 0.492. The van der Waals surface area contributed by atoms with Gasteiger partial charge in [0.1, 0.15) is 0 Å². The first-order valence-corrected chi connectivity index (χ1v) is 7.50. The summed E-state index contributed by atoms with van der Waals surface area (Å²) in [5, 5.41) is 8.65. The number of fused-ring (bicyclic) bond motifs is 2. The van der Waals surface area contributed by atoms with Crippen molar-refractivity contribution in [2.24, 2.45) is 11.3 Å². The van der Waals surface area contributed by atoms with Crippen LogP contribution in [0.25, 0.3) is 0 Å². The molecule has 1 N–H and O–H groups in total. The zero-order chi connectivity index (χ0) is 12.0. The third kappa shape index (κ3) is 1.49. The van der Waals surface area contributed by atoms with Gasteiger partial charge in [0.2, 0.25) is 0 Å². The molecule has 0 spiro atoms. The second kappa shape index (κ2) is 3.75. The van der Waals surface area contributed by atoms with Gasteiger partial charge >= 0.3 is 103 Å². The summed E-state index contributed by atoms with van der Waals surface area (Å²) in [5.74, 6) is -0.0747. The van der Waals surface area contributed by atoms with Crippen LogP contribution in [0.5, 0.6) is 0 Å². The summed E-state index contributed by atoms with van der Waals surface area (Å²) < 4.78 is 0.219. The van der Waals surface area contributed by atoms with Crippen molar-refractivity contribution in [3.63, 3.8) is 0 Å². The van der Waals surface area contributed by atoms with Gasteiger partial charge in [0.25, 0.3) is 0 Å². The van der Waals surface area contributed by atoms with E-state index in [9.17, 15) is 4.79 Å². The fraction of sp³-hybridized carbons (Fsp3) is 0.615. The van der Waals surface area contributed by atoms with Crippen molar-refractivity contribution in [3.05, 3.63) is 23.2 Å². The van der Waals surface area contributed by atoms with Gasteiger partial charge in [0.15, 0.2) is 0 Å². The Morgan fingerprint density at radius 3 is 2.75 bits per heavy atom. The van der Waals surface area contributed by atoms with E-state index >= 15 is 0 Å². The van der Waals surface area contributed by atoms with E-state index in [2.05, 4.69) is 20.4 Å². The Hall–Kier alpha value is -0.531. The molecule has 2 aliphatic rings. The second-order valence-electron chi connectivity index (χ2n) is 5.35. The van der Waals surface area contributed by atoms with Crippen LogP contribution in [0.2, 0.25) is 4.31 Å². The third-order valence-electron chi connectivity index (χ3n) is 4.45. The molecular weight excluding hydrogens is 267 g/mol. The van der Waals surface area contributed by atoms with Crippen LogP contribution in [0.1, 0.15) is 33.1 Å². The maximum absolute atomic E-state index is 10.5. The second-order valence-corrected chi connectivity index (χ2v) is 7.88. The van der Waals surface area contributed by atoms with E-state index in [4.69, 9.17) is 5.11 Å². The molecule has 3 heteroatoms. The average Bonchev–Trinajstić information content (AvgIpc) is 2.50. The van der Waals surface area contributed by atoms with Crippen molar-refractivity contribution in [2.75, 3.05) is 0 Å². The number of carboxylic acids is 1. The summed E-state index contributed by atoms with van der Waals surface area (Å²) >= 11 is 0.219. The summed E-state index contributed by atoms with van der Waals surface area (Å²) in [7, 11) is 0. The Labute approximate surface area is 103 Å². The zero-order valence-corrected chi connectivity index (χ0v) is 11.5. The van der Waals surface area contributed by atoms with E-state index in [1.807, 2.05) is 4.97 Å². The van der Waals surface area contributed by atoms with Gasteiger partial charge in [-0.1, -0.05) is 0 Å². The monoisotopic (exact) mass is 286 g/mol. The average molecular weight is 285 g/mol. The number of carbonyl (C=O) groups is 1. The summed E-state index contributed by atoms with van der Waals surface area (Å²) in [6.07, 6.45) is 4.93. The Bertz CT molecular complexity index is 370. The SMILES string of the molecule is C=C1CC2CCC1([Se]/C=C\C(=O)O)C2(C)C. The van der Waals surface area contributed by atoms with Crippen LogP contribution in [-0.4, -0.2) is 26.0 Å². The fourth-order valence-corrected chi connectivity index (χ4v) is 6.23. The van der Waals surface area contributed by atoms with E-state index in [-0.39, 0.29) is 19.3 Å². The topological polar surface area (TPSA) is 37.3 Å². The predicted molar refractivity (Wildman–Crippen MR) is 65.5 cm³/mol. The molecule has 2 nitrogen and oxygen atoms in total. The molecule has 0 aromatic carbocycles. The van der Waals surface area contributed by atoms with E-state index < -0.39 is 5.97 Å². The van der Waals surface area contributed by atoms with Crippen LogP contribution in [0, 0.1) is 11.3 Å². The van der Waals surface area contributed by atoms with E-state index in [0.717, 1.165) is 12.3 Å². The Balaban J connectivity index is 2.22. The summed E-state index contributed by atoms with van der Waals surface area (Å²) in [6, 6.07) is 0. The minimum absolute atomic E-state index is 0.219. The van der Waals surface area contributed by atoms with Crippen molar-refractivity contribution < 1.29 is 9.90 Å². The van der Waals surface area contributed by atoms with Gasteiger partial charge in [-0.3, -0.25) is 0 Å². The van der Waals surface area contributed by atoms with Crippen LogP contribution >= 0.6 is 0 Å².